The second-order valence-corrected chi connectivity index (χ2v) is 8.45. The van der Waals surface area contributed by atoms with E-state index in [2.05, 4.69) is 47.0 Å². The molecule has 158 valence electrons. The predicted molar refractivity (Wildman–Crippen MR) is 119 cm³/mol. The van der Waals surface area contributed by atoms with E-state index in [0.29, 0.717) is 13.2 Å². The van der Waals surface area contributed by atoms with Crippen LogP contribution in [0.2, 0.25) is 5.02 Å². The molecule has 0 saturated carbocycles. The highest BCUT2D eigenvalue weighted by Crippen LogP contribution is 2.16. The molecule has 0 radical (unpaired) electrons. The molecule has 29 heavy (non-hydrogen) atoms. The van der Waals surface area contributed by atoms with Crippen molar-refractivity contribution in [1.29, 1.82) is 0 Å². The van der Waals surface area contributed by atoms with Gasteiger partial charge in [-0.1, -0.05) is 35.9 Å². The van der Waals surface area contributed by atoms with Gasteiger partial charge in [0, 0.05) is 50.8 Å². The van der Waals surface area contributed by atoms with Crippen molar-refractivity contribution in [3.63, 3.8) is 0 Å². The van der Waals surface area contributed by atoms with Gasteiger partial charge in [-0.2, -0.15) is 0 Å². The SMILES string of the molecule is CN1CCN(C[C@H](O)COc2ccc(CN(C)Cc3cccc(Cl)c3)cc2)CC1. The fraction of sp³-hybridized carbons (Fsp3) is 0.478. The topological polar surface area (TPSA) is 39.2 Å². The van der Waals surface area contributed by atoms with E-state index < -0.39 is 6.10 Å². The molecule has 2 aromatic carbocycles. The molecule has 1 fully saturated rings. The number of nitrogens with zero attached hydrogens (tertiary/aromatic N) is 3. The first-order valence-corrected chi connectivity index (χ1v) is 10.6. The Balaban J connectivity index is 1.40. The van der Waals surface area contributed by atoms with Crippen LogP contribution < -0.4 is 4.74 Å². The second-order valence-electron chi connectivity index (χ2n) is 8.01. The molecule has 6 heteroatoms. The summed E-state index contributed by atoms with van der Waals surface area (Å²) in [6.45, 7) is 6.80. The van der Waals surface area contributed by atoms with Crippen LogP contribution in [0.3, 0.4) is 0 Å². The monoisotopic (exact) mass is 417 g/mol. The van der Waals surface area contributed by atoms with Gasteiger partial charge in [0.25, 0.3) is 0 Å². The Morgan fingerprint density at radius 2 is 1.72 bits per heavy atom. The largest absolute Gasteiger partial charge is 0.491 e. The van der Waals surface area contributed by atoms with Crippen LogP contribution in [0.1, 0.15) is 11.1 Å². The molecule has 0 bridgehead atoms. The van der Waals surface area contributed by atoms with Crippen LogP contribution in [0, 0.1) is 0 Å². The molecule has 5 nitrogen and oxygen atoms in total. The number of hydrogen-bond acceptors (Lipinski definition) is 5. The van der Waals surface area contributed by atoms with Gasteiger partial charge in [0.1, 0.15) is 18.5 Å². The number of hydrogen-bond donors (Lipinski definition) is 1. The van der Waals surface area contributed by atoms with Crippen LogP contribution in [-0.2, 0) is 13.1 Å². The van der Waals surface area contributed by atoms with Gasteiger partial charge in [0.2, 0.25) is 0 Å². The maximum absolute atomic E-state index is 10.3. The molecule has 1 aliphatic heterocycles. The Morgan fingerprint density at radius 1 is 1.03 bits per heavy atom. The zero-order chi connectivity index (χ0) is 20.6. The number of aliphatic hydroxyl groups excluding tert-OH is 1. The Hall–Kier alpha value is -1.63. The molecule has 0 unspecified atom stereocenters. The Bertz CT molecular complexity index is 748. The third kappa shape index (κ3) is 7.61. The zero-order valence-electron chi connectivity index (χ0n) is 17.4. The van der Waals surface area contributed by atoms with Crippen molar-refractivity contribution in [2.45, 2.75) is 19.2 Å². The molecule has 0 aromatic heterocycles. The standard InChI is InChI=1S/C23H32ClN3O2/c1-25-10-12-27(13-11-25)17-22(28)18-29-23-8-6-19(7-9-23)15-26(2)16-20-4-3-5-21(24)14-20/h3-9,14,22,28H,10-13,15-18H2,1-2H3/t22-/m0/s1. The van der Waals surface area contributed by atoms with Gasteiger partial charge >= 0.3 is 0 Å². The summed E-state index contributed by atoms with van der Waals surface area (Å²) in [5, 5.41) is 11.0. The van der Waals surface area contributed by atoms with Crippen molar-refractivity contribution in [2.24, 2.45) is 0 Å². The van der Waals surface area contributed by atoms with Crippen molar-refractivity contribution in [3.8, 4) is 5.75 Å². The summed E-state index contributed by atoms with van der Waals surface area (Å²) >= 11 is 6.06. The number of halogens is 1. The van der Waals surface area contributed by atoms with E-state index in [1.54, 1.807) is 0 Å². The van der Waals surface area contributed by atoms with Crippen molar-refractivity contribution in [2.75, 3.05) is 53.4 Å². The first-order chi connectivity index (χ1) is 14.0. The number of ether oxygens (including phenoxy) is 1. The normalized spacial score (nSPS) is 16.9. The number of likely N-dealkylation sites (N-methyl/N-ethyl adjacent to an activating group) is 1. The summed E-state index contributed by atoms with van der Waals surface area (Å²) < 4.78 is 5.78. The molecule has 1 N–H and O–H groups in total. The summed E-state index contributed by atoms with van der Waals surface area (Å²) in [4.78, 5) is 6.86. The Kier molecular flexibility index (Phi) is 8.33. The minimum atomic E-state index is -0.470. The summed E-state index contributed by atoms with van der Waals surface area (Å²) in [6.07, 6.45) is -0.470. The van der Waals surface area contributed by atoms with Crippen molar-refractivity contribution in [1.82, 2.24) is 14.7 Å². The van der Waals surface area contributed by atoms with Crippen molar-refractivity contribution in [3.05, 3.63) is 64.7 Å². The van der Waals surface area contributed by atoms with Crippen LogP contribution in [0.5, 0.6) is 5.75 Å². The third-order valence-electron chi connectivity index (χ3n) is 5.22. The fourth-order valence-corrected chi connectivity index (χ4v) is 3.79. The van der Waals surface area contributed by atoms with E-state index in [9.17, 15) is 5.11 Å². The van der Waals surface area contributed by atoms with Gasteiger partial charge in [-0.3, -0.25) is 9.80 Å². The van der Waals surface area contributed by atoms with E-state index in [4.69, 9.17) is 16.3 Å². The van der Waals surface area contributed by atoms with Crippen LogP contribution in [0.25, 0.3) is 0 Å². The van der Waals surface area contributed by atoms with Crippen LogP contribution >= 0.6 is 11.6 Å². The highest BCUT2D eigenvalue weighted by molar-refractivity contribution is 6.30. The molecule has 0 spiro atoms. The highest BCUT2D eigenvalue weighted by Gasteiger charge is 2.17. The maximum Gasteiger partial charge on any atom is 0.119 e. The van der Waals surface area contributed by atoms with Crippen LogP contribution in [0.4, 0.5) is 0 Å². The van der Waals surface area contributed by atoms with E-state index in [1.807, 2.05) is 30.3 Å². The fourth-order valence-electron chi connectivity index (χ4n) is 3.58. The lowest BCUT2D eigenvalue weighted by Gasteiger charge is -2.33. The van der Waals surface area contributed by atoms with Crippen molar-refractivity contribution >= 4 is 11.6 Å². The zero-order valence-corrected chi connectivity index (χ0v) is 18.2. The van der Waals surface area contributed by atoms with Gasteiger partial charge in [-0.15, -0.1) is 0 Å². The molecule has 0 amide bonds. The lowest BCUT2D eigenvalue weighted by Crippen LogP contribution is -2.47. The quantitative estimate of drug-likeness (QED) is 0.679. The molecule has 0 aliphatic carbocycles. The number of benzene rings is 2. The number of aliphatic hydroxyl groups is 1. The summed E-state index contributed by atoms with van der Waals surface area (Å²) in [7, 11) is 4.23. The molecule has 1 saturated heterocycles. The average molecular weight is 418 g/mol. The van der Waals surface area contributed by atoms with E-state index >= 15 is 0 Å². The van der Waals surface area contributed by atoms with Gasteiger partial charge in [0.15, 0.2) is 0 Å². The molecular formula is C23H32ClN3O2. The highest BCUT2D eigenvalue weighted by atomic mass is 35.5. The van der Waals surface area contributed by atoms with E-state index in [0.717, 1.165) is 50.0 Å². The Labute approximate surface area is 179 Å². The first kappa shape index (κ1) is 22.1. The first-order valence-electron chi connectivity index (χ1n) is 10.2. The summed E-state index contributed by atoms with van der Waals surface area (Å²) in [6, 6.07) is 16.1. The van der Waals surface area contributed by atoms with E-state index in [1.165, 1.54) is 11.1 Å². The van der Waals surface area contributed by atoms with Crippen molar-refractivity contribution < 1.29 is 9.84 Å². The summed E-state index contributed by atoms with van der Waals surface area (Å²) in [5.41, 5.74) is 2.43. The van der Waals surface area contributed by atoms with Gasteiger partial charge in [-0.25, -0.2) is 0 Å². The number of β-amino-alcohol motifs (C(OH)–C–C–N with tert-alkyl or cyclic N) is 1. The number of rotatable bonds is 9. The average Bonchev–Trinajstić information content (AvgIpc) is 2.69. The lowest BCUT2D eigenvalue weighted by molar-refractivity contribution is 0.0505. The molecule has 1 heterocycles. The molecule has 3 rings (SSSR count). The molecule has 2 aromatic rings. The minimum absolute atomic E-state index is 0.320. The Morgan fingerprint density at radius 3 is 2.41 bits per heavy atom. The minimum Gasteiger partial charge on any atom is -0.491 e. The third-order valence-corrected chi connectivity index (χ3v) is 5.46. The smallest absolute Gasteiger partial charge is 0.119 e. The van der Waals surface area contributed by atoms with Crippen LogP contribution in [-0.4, -0.2) is 79.3 Å². The second kappa shape index (κ2) is 11.0. The van der Waals surface area contributed by atoms with Crippen LogP contribution in [0.15, 0.2) is 48.5 Å². The molecule has 1 atom stereocenters. The maximum atomic E-state index is 10.3. The predicted octanol–water partition coefficient (Wildman–Crippen LogP) is 2.96. The molecular weight excluding hydrogens is 386 g/mol. The number of piperazine rings is 1. The van der Waals surface area contributed by atoms with Gasteiger partial charge in [-0.05, 0) is 49.5 Å². The van der Waals surface area contributed by atoms with Gasteiger partial charge in [0.05, 0.1) is 0 Å². The van der Waals surface area contributed by atoms with E-state index in [-0.39, 0.29) is 0 Å². The molecule has 1 aliphatic rings. The lowest BCUT2D eigenvalue weighted by atomic mass is 10.2. The summed E-state index contributed by atoms with van der Waals surface area (Å²) in [5.74, 6) is 0.795. The van der Waals surface area contributed by atoms with Gasteiger partial charge < -0.3 is 14.7 Å².